The van der Waals surface area contributed by atoms with E-state index in [0.717, 1.165) is 12.1 Å². The number of benzene rings is 1. The average Bonchev–Trinajstić information content (AvgIpc) is 2.67. The van der Waals surface area contributed by atoms with Gasteiger partial charge in [0.05, 0.1) is 23.1 Å². The monoisotopic (exact) mass is 288 g/mol. The Morgan fingerprint density at radius 1 is 1.58 bits per heavy atom. The zero-order valence-electron chi connectivity index (χ0n) is 9.93. The van der Waals surface area contributed by atoms with Crippen molar-refractivity contribution < 1.29 is 18.8 Å². The molecule has 2 rings (SSSR count). The molecule has 0 N–H and O–H groups in total. The maximum Gasteiger partial charge on any atom is 0.307 e. The maximum atomic E-state index is 13.5. The fraction of sp³-hybridized carbons (Fsp3) is 0.364. The van der Waals surface area contributed by atoms with Gasteiger partial charge in [0.2, 0.25) is 11.7 Å². The molecular formula is C11H10ClFN2O4. The minimum atomic E-state index is -1.01. The molecule has 1 unspecified atom stereocenters. The van der Waals surface area contributed by atoms with Gasteiger partial charge in [0.1, 0.15) is 5.75 Å². The molecule has 1 aliphatic heterocycles. The molecule has 1 atom stereocenters. The molecule has 0 aromatic heterocycles. The summed E-state index contributed by atoms with van der Waals surface area (Å²) < 4.78 is 18.4. The number of ether oxygens (including phenoxy) is 1. The number of nitro groups is 1. The standard InChI is InChI=1S/C11H10ClFN2O4/c1-19-10-3-7(13)8(15(17)18)4-9(10)14-5-6(12)2-11(14)16/h3-4,6H,2,5H2,1H3. The van der Waals surface area contributed by atoms with Gasteiger partial charge in [-0.25, -0.2) is 0 Å². The largest absolute Gasteiger partial charge is 0.494 e. The van der Waals surface area contributed by atoms with E-state index in [-0.39, 0.29) is 35.7 Å². The van der Waals surface area contributed by atoms with E-state index < -0.39 is 16.4 Å². The summed E-state index contributed by atoms with van der Waals surface area (Å²) >= 11 is 5.87. The Labute approximate surface area is 112 Å². The minimum Gasteiger partial charge on any atom is -0.494 e. The first kappa shape index (κ1) is 13.5. The van der Waals surface area contributed by atoms with Gasteiger partial charge in [-0.05, 0) is 0 Å². The Morgan fingerprint density at radius 2 is 2.26 bits per heavy atom. The molecule has 0 radical (unpaired) electrons. The van der Waals surface area contributed by atoms with E-state index in [2.05, 4.69) is 0 Å². The lowest BCUT2D eigenvalue weighted by Gasteiger charge is -2.18. The van der Waals surface area contributed by atoms with Crippen molar-refractivity contribution in [2.75, 3.05) is 18.6 Å². The SMILES string of the molecule is COc1cc(F)c([N+](=O)[O-])cc1N1CC(Cl)CC1=O. The summed E-state index contributed by atoms with van der Waals surface area (Å²) in [5.41, 5.74) is -0.551. The molecule has 1 fully saturated rings. The number of nitrogens with zero attached hydrogens (tertiary/aromatic N) is 2. The summed E-state index contributed by atoms with van der Waals surface area (Å²) in [6, 6.07) is 1.88. The molecule has 0 saturated carbocycles. The Morgan fingerprint density at radius 3 is 2.74 bits per heavy atom. The van der Waals surface area contributed by atoms with Crippen LogP contribution >= 0.6 is 11.6 Å². The van der Waals surface area contributed by atoms with Gasteiger partial charge >= 0.3 is 5.69 Å². The molecule has 0 spiro atoms. The van der Waals surface area contributed by atoms with Crippen molar-refractivity contribution >= 4 is 28.9 Å². The summed E-state index contributed by atoms with van der Waals surface area (Å²) in [5, 5.41) is 10.4. The van der Waals surface area contributed by atoms with Gasteiger partial charge in [-0.15, -0.1) is 11.6 Å². The van der Waals surface area contributed by atoms with Gasteiger partial charge in [0.25, 0.3) is 0 Å². The lowest BCUT2D eigenvalue weighted by atomic mass is 10.2. The fourth-order valence-electron chi connectivity index (χ4n) is 1.94. The van der Waals surface area contributed by atoms with E-state index in [1.165, 1.54) is 12.0 Å². The van der Waals surface area contributed by atoms with Crippen LogP contribution in [-0.2, 0) is 4.79 Å². The molecule has 1 aromatic rings. The Hall–Kier alpha value is -1.89. The highest BCUT2D eigenvalue weighted by molar-refractivity contribution is 6.24. The number of anilines is 1. The minimum absolute atomic E-state index is 0.0576. The highest BCUT2D eigenvalue weighted by Crippen LogP contribution is 2.37. The molecule has 1 heterocycles. The number of alkyl halides is 1. The molecule has 6 nitrogen and oxygen atoms in total. The lowest BCUT2D eigenvalue weighted by Crippen LogP contribution is -2.25. The summed E-state index contributed by atoms with van der Waals surface area (Å²) in [6.07, 6.45) is 0.135. The fourth-order valence-corrected chi connectivity index (χ4v) is 2.21. The van der Waals surface area contributed by atoms with Crippen molar-refractivity contribution in [1.82, 2.24) is 0 Å². The number of carbonyl (C=O) groups is 1. The number of nitro benzene ring substituents is 1. The van der Waals surface area contributed by atoms with Crippen LogP contribution in [0.1, 0.15) is 6.42 Å². The summed E-state index contributed by atoms with van der Waals surface area (Å²) in [6.45, 7) is 0.208. The van der Waals surface area contributed by atoms with Crippen LogP contribution in [0.3, 0.4) is 0 Å². The second kappa shape index (κ2) is 5.00. The van der Waals surface area contributed by atoms with Crippen LogP contribution in [0.2, 0.25) is 0 Å². The van der Waals surface area contributed by atoms with E-state index in [9.17, 15) is 19.3 Å². The summed E-state index contributed by atoms with van der Waals surface area (Å²) in [7, 11) is 1.29. The number of methoxy groups -OCH3 is 1. The Kier molecular flexibility index (Phi) is 3.57. The van der Waals surface area contributed by atoms with Crippen LogP contribution in [0.5, 0.6) is 5.75 Å². The molecule has 1 aromatic carbocycles. The van der Waals surface area contributed by atoms with Crippen LogP contribution in [0, 0.1) is 15.9 Å². The van der Waals surface area contributed by atoms with E-state index in [4.69, 9.17) is 16.3 Å². The number of rotatable bonds is 3. The highest BCUT2D eigenvalue weighted by Gasteiger charge is 2.33. The third-order valence-electron chi connectivity index (χ3n) is 2.81. The van der Waals surface area contributed by atoms with Crippen molar-refractivity contribution in [2.45, 2.75) is 11.8 Å². The molecule has 1 amide bonds. The quantitative estimate of drug-likeness (QED) is 0.485. The first-order valence-electron chi connectivity index (χ1n) is 5.40. The van der Waals surface area contributed by atoms with Crippen LogP contribution in [0.25, 0.3) is 0 Å². The second-order valence-corrected chi connectivity index (χ2v) is 4.66. The van der Waals surface area contributed by atoms with E-state index in [1.54, 1.807) is 0 Å². The molecule has 1 saturated heterocycles. The third-order valence-corrected chi connectivity index (χ3v) is 3.11. The van der Waals surface area contributed by atoms with Crippen LogP contribution in [0.4, 0.5) is 15.8 Å². The first-order chi connectivity index (χ1) is 8.93. The zero-order valence-corrected chi connectivity index (χ0v) is 10.7. The van der Waals surface area contributed by atoms with Gasteiger partial charge < -0.3 is 9.64 Å². The van der Waals surface area contributed by atoms with Crippen molar-refractivity contribution in [3.63, 3.8) is 0 Å². The van der Waals surface area contributed by atoms with Gasteiger partial charge in [-0.2, -0.15) is 4.39 Å². The number of halogens is 2. The summed E-state index contributed by atoms with van der Waals surface area (Å²) in [5.74, 6) is -1.24. The molecule has 19 heavy (non-hydrogen) atoms. The molecular weight excluding hydrogens is 279 g/mol. The second-order valence-electron chi connectivity index (χ2n) is 4.04. The van der Waals surface area contributed by atoms with E-state index in [1.807, 2.05) is 0 Å². The van der Waals surface area contributed by atoms with Crippen LogP contribution in [0.15, 0.2) is 12.1 Å². The number of hydrogen-bond acceptors (Lipinski definition) is 4. The normalized spacial score (nSPS) is 18.8. The van der Waals surface area contributed by atoms with Gasteiger partial charge in [-0.3, -0.25) is 14.9 Å². The number of hydrogen-bond donors (Lipinski definition) is 0. The Balaban J connectivity index is 2.52. The van der Waals surface area contributed by atoms with Gasteiger partial charge in [0.15, 0.2) is 0 Å². The van der Waals surface area contributed by atoms with E-state index >= 15 is 0 Å². The molecule has 0 aliphatic carbocycles. The molecule has 1 aliphatic rings. The predicted octanol–water partition coefficient (Wildman–Crippen LogP) is 2.09. The third kappa shape index (κ3) is 2.46. The average molecular weight is 289 g/mol. The predicted molar refractivity (Wildman–Crippen MR) is 66.2 cm³/mol. The molecule has 102 valence electrons. The van der Waals surface area contributed by atoms with Crippen molar-refractivity contribution in [2.24, 2.45) is 0 Å². The maximum absolute atomic E-state index is 13.5. The van der Waals surface area contributed by atoms with Crippen LogP contribution in [-0.4, -0.2) is 29.9 Å². The Bertz CT molecular complexity index is 552. The highest BCUT2D eigenvalue weighted by atomic mass is 35.5. The van der Waals surface area contributed by atoms with Crippen LogP contribution < -0.4 is 9.64 Å². The number of carbonyl (C=O) groups excluding carboxylic acids is 1. The summed E-state index contributed by atoms with van der Waals surface area (Å²) in [4.78, 5) is 22.9. The van der Waals surface area contributed by atoms with Gasteiger partial charge in [-0.1, -0.05) is 0 Å². The first-order valence-corrected chi connectivity index (χ1v) is 5.84. The zero-order chi connectivity index (χ0) is 14.2. The lowest BCUT2D eigenvalue weighted by molar-refractivity contribution is -0.387. The van der Waals surface area contributed by atoms with Crippen molar-refractivity contribution in [1.29, 1.82) is 0 Å². The smallest absolute Gasteiger partial charge is 0.307 e. The molecule has 8 heteroatoms. The van der Waals surface area contributed by atoms with Crippen molar-refractivity contribution in [3.05, 3.63) is 28.1 Å². The molecule has 0 bridgehead atoms. The number of amides is 1. The van der Waals surface area contributed by atoms with Crippen molar-refractivity contribution in [3.8, 4) is 5.75 Å². The van der Waals surface area contributed by atoms with Gasteiger partial charge in [0, 0.05) is 25.1 Å². The topological polar surface area (TPSA) is 72.7 Å². The van der Waals surface area contributed by atoms with E-state index in [0.29, 0.717) is 0 Å².